The van der Waals surface area contributed by atoms with Gasteiger partial charge in [0.15, 0.2) is 0 Å². The Labute approximate surface area is 126 Å². The standard InChI is InChI=1S/C16H13ClN2O2/c1-21-12-6-7-13-14(9-18-15(13)8-12)16(20)19-11-4-2-10(17)3-5-11/h2-9,18H,1H3,(H,19,20). The molecule has 0 fully saturated rings. The van der Waals surface area contributed by atoms with E-state index in [2.05, 4.69) is 10.3 Å². The number of nitrogens with one attached hydrogen (secondary N) is 2. The topological polar surface area (TPSA) is 54.1 Å². The average molecular weight is 301 g/mol. The second-order valence-electron chi connectivity index (χ2n) is 4.57. The van der Waals surface area contributed by atoms with Gasteiger partial charge in [-0.3, -0.25) is 4.79 Å². The molecular weight excluding hydrogens is 288 g/mol. The molecule has 0 aliphatic rings. The van der Waals surface area contributed by atoms with Gasteiger partial charge in [0.25, 0.3) is 5.91 Å². The lowest BCUT2D eigenvalue weighted by atomic mass is 10.1. The van der Waals surface area contributed by atoms with Crippen LogP contribution in [0.5, 0.6) is 5.75 Å². The van der Waals surface area contributed by atoms with E-state index in [0.29, 0.717) is 16.3 Å². The number of amides is 1. The SMILES string of the molecule is COc1ccc2c(C(=O)Nc3ccc(Cl)cc3)c[nH]c2c1. The molecule has 0 saturated heterocycles. The minimum atomic E-state index is -0.172. The summed E-state index contributed by atoms with van der Waals surface area (Å²) in [4.78, 5) is 15.4. The molecule has 0 bridgehead atoms. The van der Waals surface area contributed by atoms with E-state index in [1.807, 2.05) is 18.2 Å². The number of H-pyrrole nitrogens is 1. The summed E-state index contributed by atoms with van der Waals surface area (Å²) in [6.45, 7) is 0. The highest BCUT2D eigenvalue weighted by molar-refractivity contribution is 6.30. The maximum atomic E-state index is 12.3. The summed E-state index contributed by atoms with van der Waals surface area (Å²) >= 11 is 5.82. The van der Waals surface area contributed by atoms with Crippen LogP contribution in [-0.2, 0) is 0 Å². The van der Waals surface area contributed by atoms with Crippen molar-refractivity contribution in [1.29, 1.82) is 0 Å². The molecule has 0 aliphatic heterocycles. The van der Waals surface area contributed by atoms with Gasteiger partial charge in [-0.05, 0) is 36.4 Å². The molecule has 0 aliphatic carbocycles. The Morgan fingerprint density at radius 3 is 2.67 bits per heavy atom. The molecule has 0 unspecified atom stereocenters. The molecule has 3 rings (SSSR count). The van der Waals surface area contributed by atoms with Crippen LogP contribution in [0.1, 0.15) is 10.4 Å². The number of carbonyl (C=O) groups is 1. The molecule has 1 aromatic heterocycles. The first-order valence-corrected chi connectivity index (χ1v) is 6.77. The van der Waals surface area contributed by atoms with Crippen LogP contribution in [0.25, 0.3) is 10.9 Å². The molecular formula is C16H13ClN2O2. The molecule has 3 aromatic rings. The molecule has 1 amide bonds. The van der Waals surface area contributed by atoms with E-state index in [1.165, 1.54) is 0 Å². The van der Waals surface area contributed by atoms with Gasteiger partial charge < -0.3 is 15.0 Å². The number of hydrogen-bond donors (Lipinski definition) is 2. The van der Waals surface area contributed by atoms with E-state index < -0.39 is 0 Å². The van der Waals surface area contributed by atoms with E-state index >= 15 is 0 Å². The summed E-state index contributed by atoms with van der Waals surface area (Å²) in [5.41, 5.74) is 2.14. The third-order valence-electron chi connectivity index (χ3n) is 3.24. The minimum Gasteiger partial charge on any atom is -0.497 e. The highest BCUT2D eigenvalue weighted by Gasteiger charge is 2.12. The monoisotopic (exact) mass is 300 g/mol. The van der Waals surface area contributed by atoms with Crippen molar-refractivity contribution >= 4 is 34.1 Å². The fourth-order valence-corrected chi connectivity index (χ4v) is 2.28. The Morgan fingerprint density at radius 2 is 1.95 bits per heavy atom. The lowest BCUT2D eigenvalue weighted by Crippen LogP contribution is -2.11. The van der Waals surface area contributed by atoms with Crippen molar-refractivity contribution < 1.29 is 9.53 Å². The van der Waals surface area contributed by atoms with Crippen molar-refractivity contribution in [3.63, 3.8) is 0 Å². The molecule has 5 heteroatoms. The van der Waals surface area contributed by atoms with Crippen LogP contribution in [0.15, 0.2) is 48.7 Å². The lowest BCUT2D eigenvalue weighted by Gasteiger charge is -2.04. The molecule has 21 heavy (non-hydrogen) atoms. The van der Waals surface area contributed by atoms with Gasteiger partial charge in [-0.1, -0.05) is 11.6 Å². The van der Waals surface area contributed by atoms with Gasteiger partial charge >= 0.3 is 0 Å². The average Bonchev–Trinajstić information content (AvgIpc) is 2.92. The van der Waals surface area contributed by atoms with Crippen molar-refractivity contribution in [2.24, 2.45) is 0 Å². The highest BCUT2D eigenvalue weighted by atomic mass is 35.5. The van der Waals surface area contributed by atoms with Crippen molar-refractivity contribution in [2.45, 2.75) is 0 Å². The maximum Gasteiger partial charge on any atom is 0.257 e. The van der Waals surface area contributed by atoms with Gasteiger partial charge in [0.2, 0.25) is 0 Å². The maximum absolute atomic E-state index is 12.3. The Morgan fingerprint density at radius 1 is 1.19 bits per heavy atom. The zero-order valence-corrected chi connectivity index (χ0v) is 12.1. The summed E-state index contributed by atoms with van der Waals surface area (Å²) in [7, 11) is 1.61. The molecule has 2 N–H and O–H groups in total. The number of anilines is 1. The molecule has 0 atom stereocenters. The first-order chi connectivity index (χ1) is 10.2. The fourth-order valence-electron chi connectivity index (χ4n) is 2.15. The normalized spacial score (nSPS) is 10.6. The summed E-state index contributed by atoms with van der Waals surface area (Å²) < 4.78 is 5.17. The number of aromatic amines is 1. The Balaban J connectivity index is 1.89. The van der Waals surface area contributed by atoms with E-state index in [0.717, 1.165) is 16.7 Å². The van der Waals surface area contributed by atoms with Gasteiger partial charge in [0.1, 0.15) is 5.75 Å². The number of aromatic nitrogens is 1. The minimum absolute atomic E-state index is 0.172. The van der Waals surface area contributed by atoms with Crippen LogP contribution in [-0.4, -0.2) is 18.0 Å². The second kappa shape index (κ2) is 5.50. The number of halogens is 1. The van der Waals surface area contributed by atoms with Gasteiger partial charge in [-0.2, -0.15) is 0 Å². The van der Waals surface area contributed by atoms with Crippen LogP contribution >= 0.6 is 11.6 Å². The Kier molecular flexibility index (Phi) is 3.54. The molecule has 1 heterocycles. The number of methoxy groups -OCH3 is 1. The van der Waals surface area contributed by atoms with Crippen LogP contribution in [0.4, 0.5) is 5.69 Å². The summed E-state index contributed by atoms with van der Waals surface area (Å²) in [5.74, 6) is 0.572. The van der Waals surface area contributed by atoms with Gasteiger partial charge in [-0.15, -0.1) is 0 Å². The fraction of sp³-hybridized carbons (Fsp3) is 0.0625. The van der Waals surface area contributed by atoms with Gasteiger partial charge in [0, 0.05) is 33.9 Å². The van der Waals surface area contributed by atoms with Crippen LogP contribution in [0.2, 0.25) is 5.02 Å². The summed E-state index contributed by atoms with van der Waals surface area (Å²) in [6.07, 6.45) is 1.69. The van der Waals surface area contributed by atoms with Gasteiger partial charge in [-0.25, -0.2) is 0 Å². The van der Waals surface area contributed by atoms with Crippen molar-refractivity contribution in [1.82, 2.24) is 4.98 Å². The van der Waals surface area contributed by atoms with Crippen LogP contribution < -0.4 is 10.1 Å². The number of rotatable bonds is 3. The first-order valence-electron chi connectivity index (χ1n) is 6.39. The third-order valence-corrected chi connectivity index (χ3v) is 3.49. The molecule has 2 aromatic carbocycles. The number of fused-ring (bicyclic) bond motifs is 1. The van der Waals surface area contributed by atoms with E-state index in [9.17, 15) is 4.79 Å². The van der Waals surface area contributed by atoms with Crippen molar-refractivity contribution in [3.05, 3.63) is 59.2 Å². The Bertz CT molecular complexity index is 794. The summed E-state index contributed by atoms with van der Waals surface area (Å²) in [6, 6.07) is 12.5. The molecule has 0 radical (unpaired) electrons. The molecule has 4 nitrogen and oxygen atoms in total. The number of benzene rings is 2. The van der Waals surface area contributed by atoms with E-state index in [4.69, 9.17) is 16.3 Å². The smallest absolute Gasteiger partial charge is 0.257 e. The number of ether oxygens (including phenoxy) is 1. The highest BCUT2D eigenvalue weighted by Crippen LogP contribution is 2.24. The number of carbonyl (C=O) groups excluding carboxylic acids is 1. The quantitative estimate of drug-likeness (QED) is 0.765. The van der Waals surface area contributed by atoms with Crippen LogP contribution in [0.3, 0.4) is 0 Å². The summed E-state index contributed by atoms with van der Waals surface area (Å²) in [5, 5.41) is 4.32. The van der Waals surface area contributed by atoms with Gasteiger partial charge in [0.05, 0.1) is 12.7 Å². The predicted molar refractivity (Wildman–Crippen MR) is 84.3 cm³/mol. The molecule has 106 valence electrons. The molecule has 0 spiro atoms. The van der Waals surface area contributed by atoms with Crippen LogP contribution in [0, 0.1) is 0 Å². The largest absolute Gasteiger partial charge is 0.497 e. The van der Waals surface area contributed by atoms with Crippen molar-refractivity contribution in [2.75, 3.05) is 12.4 Å². The second-order valence-corrected chi connectivity index (χ2v) is 5.01. The lowest BCUT2D eigenvalue weighted by molar-refractivity contribution is 0.102. The Hall–Kier alpha value is -2.46. The predicted octanol–water partition coefficient (Wildman–Crippen LogP) is 4.08. The zero-order valence-electron chi connectivity index (χ0n) is 11.3. The van der Waals surface area contributed by atoms with E-state index in [-0.39, 0.29) is 5.91 Å². The van der Waals surface area contributed by atoms with E-state index in [1.54, 1.807) is 37.6 Å². The molecule has 0 saturated carbocycles. The number of hydrogen-bond acceptors (Lipinski definition) is 2. The third kappa shape index (κ3) is 2.71. The van der Waals surface area contributed by atoms with Crippen molar-refractivity contribution in [3.8, 4) is 5.75 Å². The zero-order chi connectivity index (χ0) is 14.8. The first kappa shape index (κ1) is 13.5.